The van der Waals surface area contributed by atoms with Gasteiger partial charge in [-0.15, -0.1) is 0 Å². The Bertz CT molecular complexity index is 122. The molecule has 1 aliphatic rings. The van der Waals surface area contributed by atoms with Crippen LogP contribution in [-0.4, -0.2) is 29.7 Å². The molecule has 0 aromatic heterocycles. The molecule has 3 heteroatoms. The van der Waals surface area contributed by atoms with Crippen molar-refractivity contribution in [3.05, 3.63) is 0 Å². The Hall–Kier alpha value is -0.180. The van der Waals surface area contributed by atoms with Crippen LogP contribution in [0.15, 0.2) is 4.99 Å². The van der Waals surface area contributed by atoms with Gasteiger partial charge in [-0.05, 0) is 6.92 Å². The highest BCUT2D eigenvalue weighted by Crippen LogP contribution is 2.08. The van der Waals surface area contributed by atoms with Crippen LogP contribution in [-0.2, 0) is 0 Å². The normalized spacial score (nSPS) is 28.6. The van der Waals surface area contributed by atoms with Gasteiger partial charge in [-0.3, -0.25) is 4.99 Å². The van der Waals surface area contributed by atoms with Crippen molar-refractivity contribution in [3.63, 3.8) is 0 Å². The molecule has 0 radical (unpaired) electrons. The van der Waals surface area contributed by atoms with E-state index in [9.17, 15) is 0 Å². The summed E-state index contributed by atoms with van der Waals surface area (Å²) in [6, 6.07) is 0. The second-order valence-corrected chi connectivity index (χ2v) is 2.63. The number of nitrogens with zero attached hydrogens (tertiary/aromatic N) is 2. The standard InChI is InChI=1S/C5H10N2S/c1-4-6-5(8)3-7(4)2/h5,8H,3H2,1-2H3. The maximum atomic E-state index is 4.18. The van der Waals surface area contributed by atoms with E-state index in [4.69, 9.17) is 0 Å². The van der Waals surface area contributed by atoms with Gasteiger partial charge in [0.1, 0.15) is 5.37 Å². The van der Waals surface area contributed by atoms with E-state index >= 15 is 0 Å². The van der Waals surface area contributed by atoms with E-state index < -0.39 is 0 Å². The minimum atomic E-state index is 0.208. The van der Waals surface area contributed by atoms with Gasteiger partial charge in [0.2, 0.25) is 0 Å². The lowest BCUT2D eigenvalue weighted by molar-refractivity contribution is 0.544. The van der Waals surface area contributed by atoms with Crippen molar-refractivity contribution in [1.29, 1.82) is 0 Å². The number of thiol groups is 1. The third kappa shape index (κ3) is 0.968. The van der Waals surface area contributed by atoms with Gasteiger partial charge in [0.15, 0.2) is 0 Å². The van der Waals surface area contributed by atoms with E-state index in [2.05, 4.69) is 22.5 Å². The summed E-state index contributed by atoms with van der Waals surface area (Å²) < 4.78 is 0. The molecular formula is C5H10N2S. The Balaban J connectivity index is 2.59. The van der Waals surface area contributed by atoms with Crippen LogP contribution in [0.1, 0.15) is 6.92 Å². The van der Waals surface area contributed by atoms with Crippen LogP contribution in [0.3, 0.4) is 0 Å². The Labute approximate surface area is 55.0 Å². The Morgan fingerprint density at radius 1 is 1.88 bits per heavy atom. The maximum absolute atomic E-state index is 4.18. The van der Waals surface area contributed by atoms with Crippen LogP contribution in [0.25, 0.3) is 0 Å². The Kier molecular flexibility index (Phi) is 1.47. The lowest BCUT2D eigenvalue weighted by atomic mass is 10.6. The molecule has 0 N–H and O–H groups in total. The minimum Gasteiger partial charge on any atom is -0.361 e. The Morgan fingerprint density at radius 3 is 2.62 bits per heavy atom. The number of aliphatic imine (C=N–C) groups is 1. The lowest BCUT2D eigenvalue weighted by Crippen LogP contribution is -2.20. The third-order valence-corrected chi connectivity index (χ3v) is 1.60. The molecule has 46 valence electrons. The second kappa shape index (κ2) is 1.97. The molecule has 0 saturated carbocycles. The van der Waals surface area contributed by atoms with Crippen molar-refractivity contribution in [2.45, 2.75) is 12.3 Å². The van der Waals surface area contributed by atoms with Gasteiger partial charge >= 0.3 is 0 Å². The highest BCUT2D eigenvalue weighted by molar-refractivity contribution is 7.81. The van der Waals surface area contributed by atoms with Gasteiger partial charge in [-0.1, -0.05) is 0 Å². The van der Waals surface area contributed by atoms with Gasteiger partial charge in [0.25, 0.3) is 0 Å². The summed E-state index contributed by atoms with van der Waals surface area (Å²) in [5.74, 6) is 1.09. The van der Waals surface area contributed by atoms with Crippen LogP contribution in [0, 0.1) is 0 Å². The lowest BCUT2D eigenvalue weighted by Gasteiger charge is -2.08. The van der Waals surface area contributed by atoms with Crippen LogP contribution in [0.5, 0.6) is 0 Å². The Morgan fingerprint density at radius 2 is 2.50 bits per heavy atom. The van der Waals surface area contributed by atoms with Crippen molar-refractivity contribution < 1.29 is 0 Å². The van der Waals surface area contributed by atoms with Crippen LogP contribution >= 0.6 is 12.6 Å². The van der Waals surface area contributed by atoms with Crippen LogP contribution < -0.4 is 0 Å². The molecule has 0 aliphatic carbocycles. The van der Waals surface area contributed by atoms with E-state index in [0.29, 0.717) is 0 Å². The van der Waals surface area contributed by atoms with Crippen molar-refractivity contribution in [3.8, 4) is 0 Å². The fourth-order valence-electron chi connectivity index (χ4n) is 0.732. The summed E-state index contributed by atoms with van der Waals surface area (Å²) in [5, 5.41) is 0.208. The molecule has 0 aromatic rings. The smallest absolute Gasteiger partial charge is 0.112 e. The molecule has 0 saturated heterocycles. The maximum Gasteiger partial charge on any atom is 0.112 e. The highest BCUT2D eigenvalue weighted by Gasteiger charge is 2.13. The zero-order valence-electron chi connectivity index (χ0n) is 5.13. The molecule has 0 amide bonds. The van der Waals surface area contributed by atoms with Crippen LogP contribution in [0.2, 0.25) is 0 Å². The molecule has 1 rings (SSSR count). The number of hydrogen-bond acceptors (Lipinski definition) is 3. The predicted molar refractivity (Wildman–Crippen MR) is 38.5 cm³/mol. The molecule has 8 heavy (non-hydrogen) atoms. The zero-order valence-corrected chi connectivity index (χ0v) is 6.02. The van der Waals surface area contributed by atoms with Gasteiger partial charge in [0, 0.05) is 7.05 Å². The predicted octanol–water partition coefficient (Wildman–Crippen LogP) is 0.606. The first-order chi connectivity index (χ1) is 3.70. The highest BCUT2D eigenvalue weighted by atomic mass is 32.1. The van der Waals surface area contributed by atoms with Crippen molar-refractivity contribution in [1.82, 2.24) is 4.90 Å². The summed E-state index contributed by atoms with van der Waals surface area (Å²) in [6.07, 6.45) is 0. The molecule has 1 atom stereocenters. The number of hydrogen-bond donors (Lipinski definition) is 1. The molecule has 0 spiro atoms. The van der Waals surface area contributed by atoms with E-state index in [1.54, 1.807) is 0 Å². The molecule has 0 bridgehead atoms. The van der Waals surface area contributed by atoms with Crippen molar-refractivity contribution >= 4 is 18.5 Å². The van der Waals surface area contributed by atoms with E-state index in [-0.39, 0.29) is 5.37 Å². The summed E-state index contributed by atoms with van der Waals surface area (Å²) in [7, 11) is 2.02. The van der Waals surface area contributed by atoms with Gasteiger partial charge < -0.3 is 4.90 Å². The topological polar surface area (TPSA) is 15.6 Å². The molecular weight excluding hydrogens is 120 g/mol. The van der Waals surface area contributed by atoms with Crippen molar-refractivity contribution in [2.24, 2.45) is 4.99 Å². The molecule has 1 aliphatic heterocycles. The zero-order chi connectivity index (χ0) is 6.15. The second-order valence-electron chi connectivity index (χ2n) is 2.04. The quantitative estimate of drug-likeness (QED) is 0.475. The number of likely N-dealkylation sites (N-methyl/N-ethyl adjacent to an activating group) is 1. The average molecular weight is 130 g/mol. The minimum absolute atomic E-state index is 0.208. The summed E-state index contributed by atoms with van der Waals surface area (Å²) in [4.78, 5) is 6.27. The van der Waals surface area contributed by atoms with Gasteiger partial charge in [-0.2, -0.15) is 12.6 Å². The molecule has 0 fully saturated rings. The van der Waals surface area contributed by atoms with Crippen molar-refractivity contribution in [2.75, 3.05) is 13.6 Å². The summed E-state index contributed by atoms with van der Waals surface area (Å²) in [6.45, 7) is 2.95. The number of amidine groups is 1. The molecule has 1 unspecified atom stereocenters. The molecule has 1 heterocycles. The van der Waals surface area contributed by atoms with E-state index in [0.717, 1.165) is 12.4 Å². The summed E-state index contributed by atoms with van der Waals surface area (Å²) in [5.41, 5.74) is 0. The van der Waals surface area contributed by atoms with E-state index in [1.807, 2.05) is 14.0 Å². The summed E-state index contributed by atoms with van der Waals surface area (Å²) >= 11 is 4.18. The van der Waals surface area contributed by atoms with E-state index in [1.165, 1.54) is 0 Å². The monoisotopic (exact) mass is 130 g/mol. The molecule has 2 nitrogen and oxygen atoms in total. The first-order valence-electron chi connectivity index (χ1n) is 2.64. The van der Waals surface area contributed by atoms with Gasteiger partial charge in [-0.25, -0.2) is 0 Å². The first-order valence-corrected chi connectivity index (χ1v) is 3.15. The molecule has 0 aromatic carbocycles. The third-order valence-electron chi connectivity index (χ3n) is 1.33. The SMILES string of the molecule is CC1=NC(S)CN1C. The number of rotatable bonds is 0. The first kappa shape index (κ1) is 5.95. The fourth-order valence-corrected chi connectivity index (χ4v) is 1.14. The van der Waals surface area contributed by atoms with Gasteiger partial charge in [0.05, 0.1) is 12.4 Å². The average Bonchev–Trinajstić information content (AvgIpc) is 1.85. The largest absolute Gasteiger partial charge is 0.361 e. The fraction of sp³-hybridized carbons (Fsp3) is 0.800. The van der Waals surface area contributed by atoms with Crippen LogP contribution in [0.4, 0.5) is 0 Å².